The maximum absolute atomic E-state index is 7.10. The van der Waals surface area contributed by atoms with Gasteiger partial charge in [0, 0.05) is 27.5 Å². The molecule has 0 aliphatic carbocycles. The predicted octanol–water partition coefficient (Wildman–Crippen LogP) is -38.1. The van der Waals surface area contributed by atoms with Gasteiger partial charge in [0.2, 0.25) is 0 Å². The van der Waals surface area contributed by atoms with Crippen molar-refractivity contribution >= 4 is 429 Å². The van der Waals surface area contributed by atoms with Crippen molar-refractivity contribution in [2.45, 2.75) is 0 Å². The molecule has 2 heterocycles. The molecule has 0 N–H and O–H groups in total. The summed E-state index contributed by atoms with van der Waals surface area (Å²) in [5.41, 5.74) is 47.8. The summed E-state index contributed by atoms with van der Waals surface area (Å²) in [5.74, 6) is 2.18. The SMILES string of the molecule is Bc1c(B)c(B)c(-c2nc(-c3c(B)c(B)c(B)c(B)c3B)nc(-c3c(B)c(B)c(-c4c(B)c(B)c5c(B)c(B)c6c(B)c7oc8c(B)c(B)c(B)c(B)c8c7c(B)c6c5c4B)c(-c4c(B)c(B)c(B)c(B)c4B)c3B)n2)c(B)c1B. The van der Waals surface area contributed by atoms with Crippen LogP contribution in [0.1, 0.15) is 0 Å². The van der Waals surface area contributed by atoms with E-state index < -0.39 is 0 Å². The van der Waals surface area contributed by atoms with Gasteiger partial charge in [-0.3, -0.25) is 0 Å². The third kappa shape index (κ3) is 7.88. The molecule has 0 amide bonds. The Kier molecular flexibility index (Phi) is 14.6. The van der Waals surface area contributed by atoms with Crippen molar-refractivity contribution in [1.29, 1.82) is 0 Å². The molecule has 0 saturated heterocycles. The van der Waals surface area contributed by atoms with Crippen LogP contribution in [0.2, 0.25) is 0 Å². The minimum Gasteiger partial charge on any atom is -0.457 e. The number of hydrogen-bond acceptors (Lipinski definition) is 4. The normalized spacial score (nSPS) is 11.7. The molecule has 0 atom stereocenters. The van der Waals surface area contributed by atoms with Gasteiger partial charge in [0.25, 0.3) is 0 Å². The van der Waals surface area contributed by atoms with E-state index in [1.165, 1.54) is 213 Å². The highest BCUT2D eigenvalue weighted by atomic mass is 16.3. The average Bonchev–Trinajstić information content (AvgIpc) is 4.03. The molecular formula is C47H58B29N3O. The summed E-state index contributed by atoms with van der Waals surface area (Å²) in [6.07, 6.45) is 0. The van der Waals surface area contributed by atoms with E-state index in [9.17, 15) is 0 Å². The summed E-state index contributed by atoms with van der Waals surface area (Å²) in [4.78, 5) is 17.1. The van der Waals surface area contributed by atoms with Gasteiger partial charge in [-0.2, -0.15) is 0 Å². The predicted molar refractivity (Wildman–Crippen MR) is 446 cm³/mol. The molecule has 10 aromatic rings. The molecule has 4 nitrogen and oxygen atoms in total. The lowest BCUT2D eigenvalue weighted by atomic mass is 9.56. The fraction of sp³-hybridized carbons (Fsp3) is 0. The molecule has 80 heavy (non-hydrogen) atoms. The summed E-state index contributed by atoms with van der Waals surface area (Å²) in [6, 6.07) is 0. The van der Waals surface area contributed by atoms with Gasteiger partial charge >= 0.3 is 0 Å². The van der Waals surface area contributed by atoms with E-state index in [4.69, 9.17) is 19.4 Å². The largest absolute Gasteiger partial charge is 0.457 e. The minimum absolute atomic E-state index is 0.717. The lowest BCUT2D eigenvalue weighted by Gasteiger charge is -2.31. The molecule has 0 bridgehead atoms. The van der Waals surface area contributed by atoms with Crippen molar-refractivity contribution in [2.24, 2.45) is 0 Å². The van der Waals surface area contributed by atoms with Crippen LogP contribution in [0.25, 0.3) is 99.9 Å². The monoisotopic (exact) mass is 1000 g/mol. The lowest BCUT2D eigenvalue weighted by molar-refractivity contribution is 0.675. The second-order valence-corrected chi connectivity index (χ2v) is 25.1. The molecule has 10 rings (SSSR count). The van der Waals surface area contributed by atoms with E-state index in [1.807, 2.05) is 0 Å². The Morgan fingerprint density at radius 2 is 0.375 bits per heavy atom. The summed E-state index contributed by atoms with van der Waals surface area (Å²) in [5, 5.41) is 7.88. The highest BCUT2D eigenvalue weighted by molar-refractivity contribution is 6.76. The molecule has 0 fully saturated rings. The standard InChI is InChI=1S/C47H58B29N3O/c48-14-1-2-8(30(64)43-9(15(2)49)10-24(58)33(67)41(75)42(76)44(10)80-43)21(55)20(54)6(1)19(53)18(52)5(14)4-3(7-22(56)31(65)38(72)32(66)23(7)57)16(50)11(25(59)17(4)51)45-77-46(12-26(60)34(68)39(73)35(69)27(12)61)79-47(78-45)13-28(62)36(70)40(74)37(71)29(13)63/h48-76H2. The van der Waals surface area contributed by atoms with Crippen molar-refractivity contribution in [3.05, 3.63) is 0 Å². The van der Waals surface area contributed by atoms with Crippen molar-refractivity contribution in [1.82, 2.24) is 15.0 Å². The molecule has 0 spiro atoms. The van der Waals surface area contributed by atoms with E-state index in [2.05, 4.69) is 228 Å². The summed E-state index contributed by atoms with van der Waals surface area (Å²) < 4.78 is 7.10. The van der Waals surface area contributed by atoms with Crippen LogP contribution in [0.4, 0.5) is 0 Å². The highest BCUT2D eigenvalue weighted by Crippen LogP contribution is 2.33. The Bertz CT molecular complexity index is 4420. The van der Waals surface area contributed by atoms with Crippen molar-refractivity contribution in [3.63, 3.8) is 0 Å². The topological polar surface area (TPSA) is 51.8 Å². The third-order valence-electron chi connectivity index (χ3n) is 22.0. The van der Waals surface area contributed by atoms with E-state index in [0.717, 1.165) is 45.3 Å². The lowest BCUT2D eigenvalue weighted by Crippen LogP contribution is -2.56. The minimum atomic E-state index is 0.717. The third-order valence-corrected chi connectivity index (χ3v) is 22.0. The van der Waals surface area contributed by atoms with Crippen LogP contribution in [0.3, 0.4) is 0 Å². The zero-order valence-corrected chi connectivity index (χ0v) is 54.2. The van der Waals surface area contributed by atoms with Gasteiger partial charge in [0.15, 0.2) is 17.5 Å². The highest BCUT2D eigenvalue weighted by Gasteiger charge is 2.31. The number of aromatic nitrogens is 3. The van der Waals surface area contributed by atoms with Gasteiger partial charge in [-0.05, 0) is 49.3 Å². The Morgan fingerprint density at radius 1 is 0.150 bits per heavy atom. The van der Waals surface area contributed by atoms with Crippen LogP contribution in [-0.2, 0) is 0 Å². The molecule has 2 aromatic heterocycles. The first-order valence-electron chi connectivity index (χ1n) is 29.2. The number of furan rings is 1. The van der Waals surface area contributed by atoms with Gasteiger partial charge in [0.1, 0.15) is 239 Å². The Morgan fingerprint density at radius 3 is 0.800 bits per heavy atom. The van der Waals surface area contributed by atoms with Gasteiger partial charge in [-0.1, -0.05) is 98.3 Å². The van der Waals surface area contributed by atoms with Crippen LogP contribution in [0, 0.1) is 0 Å². The van der Waals surface area contributed by atoms with Crippen LogP contribution in [0.5, 0.6) is 0 Å². The molecule has 0 aliphatic rings. The number of benzene rings is 8. The second-order valence-electron chi connectivity index (χ2n) is 25.1. The Labute approximate surface area is 501 Å². The zero-order chi connectivity index (χ0) is 59.0. The van der Waals surface area contributed by atoms with Gasteiger partial charge in [0.05, 0.1) is 0 Å². The molecular weight excluding hydrogens is 936 g/mol. The Balaban J connectivity index is 1.43. The molecule has 354 valence electrons. The van der Waals surface area contributed by atoms with Crippen LogP contribution < -0.4 is 158 Å². The first-order valence-corrected chi connectivity index (χ1v) is 29.2. The van der Waals surface area contributed by atoms with Gasteiger partial charge < -0.3 is 4.42 Å². The van der Waals surface area contributed by atoms with E-state index in [1.54, 1.807) is 0 Å². The maximum atomic E-state index is 7.10. The van der Waals surface area contributed by atoms with Gasteiger partial charge in [-0.15, -0.1) is 54.6 Å². The molecule has 8 aromatic carbocycles. The maximum Gasteiger partial charge on any atom is 0.162 e. The van der Waals surface area contributed by atoms with Crippen molar-refractivity contribution < 1.29 is 4.42 Å². The number of fused-ring (bicyclic) bond motifs is 6. The summed E-state index contributed by atoms with van der Waals surface area (Å²) in [7, 11) is 66.8. The number of nitrogens with zero attached hydrogens (tertiary/aromatic N) is 3. The molecule has 0 radical (unpaired) electrons. The van der Waals surface area contributed by atoms with Crippen LogP contribution in [0.15, 0.2) is 4.42 Å². The fourth-order valence-electron chi connectivity index (χ4n) is 15.1. The Hall–Kier alpha value is -5.03. The molecule has 0 aliphatic heterocycles. The molecule has 0 unspecified atom stereocenters. The van der Waals surface area contributed by atoms with Gasteiger partial charge in [-0.25, -0.2) is 15.0 Å². The molecule has 33 heteroatoms. The molecule has 0 saturated carbocycles. The smallest absolute Gasteiger partial charge is 0.162 e. The fourth-order valence-corrected chi connectivity index (χ4v) is 15.1. The average molecular weight is 995 g/mol. The van der Waals surface area contributed by atoms with E-state index in [0.29, 0.717) is 0 Å². The number of hydrogen-bond donors (Lipinski definition) is 0. The van der Waals surface area contributed by atoms with E-state index >= 15 is 0 Å². The van der Waals surface area contributed by atoms with E-state index in [-0.39, 0.29) is 0 Å². The second kappa shape index (κ2) is 20.1. The zero-order valence-electron chi connectivity index (χ0n) is 54.2. The first kappa shape index (κ1) is 58.2. The van der Waals surface area contributed by atoms with Crippen molar-refractivity contribution in [3.8, 4) is 56.4 Å². The van der Waals surface area contributed by atoms with Crippen molar-refractivity contribution in [2.75, 3.05) is 0 Å². The van der Waals surface area contributed by atoms with Crippen LogP contribution in [-0.4, -0.2) is 242 Å². The number of rotatable bonds is 5. The quantitative estimate of drug-likeness (QED) is 0.127. The summed E-state index contributed by atoms with van der Waals surface area (Å²) >= 11 is 0. The van der Waals surface area contributed by atoms with Crippen LogP contribution >= 0.6 is 0 Å². The first-order chi connectivity index (χ1) is 37.3. The summed E-state index contributed by atoms with van der Waals surface area (Å²) in [6.45, 7) is 0.